The Morgan fingerprint density at radius 3 is 2.37 bits per heavy atom. The zero-order chi connectivity index (χ0) is 21.3. The van der Waals surface area contributed by atoms with E-state index in [2.05, 4.69) is 20.3 Å². The summed E-state index contributed by atoms with van der Waals surface area (Å²) < 4.78 is 29.0. The van der Waals surface area contributed by atoms with E-state index in [0.29, 0.717) is 11.6 Å². The normalized spacial score (nSPS) is 15.3. The smallest absolute Gasteiger partial charge is 0.227 e. The average Bonchev–Trinajstić information content (AvgIpc) is 3.12. The maximum absolute atomic E-state index is 11.7. The van der Waals surface area contributed by atoms with Gasteiger partial charge in [0.15, 0.2) is 9.84 Å². The second kappa shape index (κ2) is 7.87. The number of fused-ring (bicyclic) bond motifs is 1. The lowest BCUT2D eigenvalue weighted by molar-refractivity contribution is 0.242. The molecule has 0 spiro atoms. The van der Waals surface area contributed by atoms with Gasteiger partial charge >= 0.3 is 0 Å². The summed E-state index contributed by atoms with van der Waals surface area (Å²) in [7, 11) is -3.23. The van der Waals surface area contributed by atoms with E-state index in [1.54, 1.807) is 36.7 Å². The van der Waals surface area contributed by atoms with Crippen molar-refractivity contribution in [1.29, 1.82) is 0 Å². The number of anilines is 2. The highest BCUT2D eigenvalue weighted by Gasteiger charge is 2.24. The highest BCUT2D eigenvalue weighted by Crippen LogP contribution is 2.35. The molecular formula is C22H22N4O3S. The quantitative estimate of drug-likeness (QED) is 0.638. The third kappa shape index (κ3) is 4.33. The Morgan fingerprint density at radius 1 is 1.03 bits per heavy atom. The van der Waals surface area contributed by atoms with Crippen molar-refractivity contribution in [3.05, 3.63) is 66.0 Å². The van der Waals surface area contributed by atoms with E-state index in [-0.39, 0.29) is 16.9 Å². The van der Waals surface area contributed by atoms with Crippen LogP contribution in [0.1, 0.15) is 31.0 Å². The van der Waals surface area contributed by atoms with E-state index in [9.17, 15) is 8.42 Å². The van der Waals surface area contributed by atoms with E-state index in [0.717, 1.165) is 22.7 Å². The van der Waals surface area contributed by atoms with Crippen molar-refractivity contribution in [3.8, 4) is 5.75 Å². The molecule has 4 rings (SSSR count). The molecule has 8 heteroatoms. The van der Waals surface area contributed by atoms with Crippen LogP contribution < -0.4 is 10.1 Å². The monoisotopic (exact) mass is 422 g/mol. The Hall–Kier alpha value is -3.26. The van der Waals surface area contributed by atoms with Crippen LogP contribution in [0.3, 0.4) is 0 Å². The fourth-order valence-corrected chi connectivity index (χ4v) is 3.82. The predicted octanol–water partition coefficient (Wildman–Crippen LogP) is 4.26. The van der Waals surface area contributed by atoms with Crippen LogP contribution in [0.25, 0.3) is 0 Å². The van der Waals surface area contributed by atoms with Gasteiger partial charge in [-0.3, -0.25) is 4.99 Å². The van der Waals surface area contributed by atoms with Crippen LogP contribution in [-0.4, -0.2) is 37.0 Å². The van der Waals surface area contributed by atoms with Crippen LogP contribution >= 0.6 is 0 Å². The van der Waals surface area contributed by atoms with Crippen molar-refractivity contribution in [2.45, 2.75) is 30.8 Å². The van der Waals surface area contributed by atoms with Crippen LogP contribution in [0.15, 0.2) is 64.6 Å². The van der Waals surface area contributed by atoms with Crippen molar-refractivity contribution in [2.24, 2.45) is 4.99 Å². The molecular weight excluding hydrogens is 400 g/mol. The summed E-state index contributed by atoms with van der Waals surface area (Å²) in [4.78, 5) is 13.7. The largest absolute Gasteiger partial charge is 0.491 e. The van der Waals surface area contributed by atoms with Crippen molar-refractivity contribution in [2.75, 3.05) is 11.6 Å². The van der Waals surface area contributed by atoms with Gasteiger partial charge in [0.25, 0.3) is 0 Å². The molecule has 0 saturated heterocycles. The molecule has 2 heterocycles. The third-order valence-corrected chi connectivity index (χ3v) is 5.73. The first kappa shape index (κ1) is 20.0. The van der Waals surface area contributed by atoms with Crippen LogP contribution in [0.4, 0.5) is 17.3 Å². The Morgan fingerprint density at radius 2 is 1.73 bits per heavy atom. The lowest BCUT2D eigenvalue weighted by atomic mass is 9.98. The number of hydrogen-bond donors (Lipinski definition) is 1. The summed E-state index contributed by atoms with van der Waals surface area (Å²) in [5.74, 6) is 1.12. The maximum Gasteiger partial charge on any atom is 0.227 e. The first-order valence-corrected chi connectivity index (χ1v) is 11.4. The highest BCUT2D eigenvalue weighted by atomic mass is 32.2. The molecule has 0 bridgehead atoms. The van der Waals surface area contributed by atoms with Gasteiger partial charge in [0.1, 0.15) is 11.4 Å². The van der Waals surface area contributed by atoms with E-state index in [1.807, 2.05) is 38.1 Å². The number of aliphatic imine (C=N–C) groups is 1. The van der Waals surface area contributed by atoms with Crippen LogP contribution in [-0.2, 0) is 9.84 Å². The molecule has 1 unspecified atom stereocenters. The van der Waals surface area contributed by atoms with Gasteiger partial charge in [-0.2, -0.15) is 0 Å². The van der Waals surface area contributed by atoms with Gasteiger partial charge in [-0.25, -0.2) is 18.4 Å². The van der Waals surface area contributed by atoms with Crippen LogP contribution in [0.2, 0.25) is 0 Å². The number of benzene rings is 2. The Bertz CT molecular complexity index is 1190. The van der Waals surface area contributed by atoms with Crippen LogP contribution in [0, 0.1) is 0 Å². The number of nitrogens with zero attached hydrogens (tertiary/aromatic N) is 3. The molecule has 154 valence electrons. The van der Waals surface area contributed by atoms with Crippen molar-refractivity contribution >= 4 is 33.4 Å². The standard InChI is InChI=1S/C22H22N4O3S/c1-14(2)29-17-8-6-16(7-9-17)25-22-24-13-20-21(26-22)19(12-23-20)15-4-10-18(11-5-15)30(3,27)28/h4-14,19H,1-3H3,(H,24,25,26). The maximum atomic E-state index is 11.7. The number of hydrogen-bond acceptors (Lipinski definition) is 7. The minimum Gasteiger partial charge on any atom is -0.491 e. The summed E-state index contributed by atoms with van der Waals surface area (Å²) >= 11 is 0. The second-order valence-electron chi connectivity index (χ2n) is 7.38. The summed E-state index contributed by atoms with van der Waals surface area (Å²) in [6.07, 6.45) is 4.80. The van der Waals surface area contributed by atoms with Crippen molar-refractivity contribution in [1.82, 2.24) is 9.97 Å². The number of aromatic nitrogens is 2. The van der Waals surface area contributed by atoms with E-state index in [4.69, 9.17) is 4.74 Å². The minimum atomic E-state index is -3.23. The van der Waals surface area contributed by atoms with Gasteiger partial charge in [0, 0.05) is 18.2 Å². The summed E-state index contributed by atoms with van der Waals surface area (Å²) in [5, 5.41) is 3.20. The molecule has 1 N–H and O–H groups in total. The van der Waals surface area contributed by atoms with Gasteiger partial charge in [-0.1, -0.05) is 12.1 Å². The lowest BCUT2D eigenvalue weighted by Gasteiger charge is -2.12. The molecule has 1 aliphatic rings. The Labute approximate surface area is 175 Å². The summed E-state index contributed by atoms with van der Waals surface area (Å²) in [6.45, 7) is 3.97. The predicted molar refractivity (Wildman–Crippen MR) is 117 cm³/mol. The fourth-order valence-electron chi connectivity index (χ4n) is 3.19. The minimum absolute atomic E-state index is 0.118. The third-order valence-electron chi connectivity index (χ3n) is 4.60. The van der Waals surface area contributed by atoms with Crippen molar-refractivity contribution in [3.63, 3.8) is 0 Å². The van der Waals surface area contributed by atoms with Crippen molar-refractivity contribution < 1.29 is 13.2 Å². The Balaban J connectivity index is 1.55. The number of ether oxygens (including phenoxy) is 1. The molecule has 0 aliphatic carbocycles. The SMILES string of the molecule is CC(C)Oc1ccc(Nc2ncc3c(n2)C(c2ccc(S(C)(=O)=O)cc2)C=N3)cc1. The molecule has 1 aliphatic heterocycles. The topological polar surface area (TPSA) is 93.5 Å². The molecule has 2 aromatic carbocycles. The zero-order valence-electron chi connectivity index (χ0n) is 16.9. The molecule has 0 fully saturated rings. The average molecular weight is 423 g/mol. The molecule has 30 heavy (non-hydrogen) atoms. The molecule has 1 atom stereocenters. The number of nitrogens with one attached hydrogen (secondary N) is 1. The summed E-state index contributed by atoms with van der Waals surface area (Å²) in [6, 6.07) is 14.4. The van der Waals surface area contributed by atoms with Gasteiger partial charge < -0.3 is 10.1 Å². The first-order chi connectivity index (χ1) is 14.3. The van der Waals surface area contributed by atoms with Gasteiger partial charge in [0.05, 0.1) is 28.8 Å². The molecule has 0 amide bonds. The van der Waals surface area contributed by atoms with Gasteiger partial charge in [-0.15, -0.1) is 0 Å². The molecule has 1 aromatic heterocycles. The first-order valence-electron chi connectivity index (χ1n) is 9.54. The zero-order valence-corrected chi connectivity index (χ0v) is 17.7. The Kier molecular flexibility index (Phi) is 5.26. The number of sulfone groups is 1. The summed E-state index contributed by atoms with van der Waals surface area (Å²) in [5.41, 5.74) is 3.25. The molecule has 0 saturated carbocycles. The van der Waals surface area contributed by atoms with E-state index >= 15 is 0 Å². The molecule has 0 radical (unpaired) electrons. The lowest BCUT2D eigenvalue weighted by Crippen LogP contribution is -2.06. The highest BCUT2D eigenvalue weighted by molar-refractivity contribution is 7.90. The van der Waals surface area contributed by atoms with Gasteiger partial charge in [-0.05, 0) is 55.8 Å². The van der Waals surface area contributed by atoms with Crippen LogP contribution in [0.5, 0.6) is 5.75 Å². The van der Waals surface area contributed by atoms with E-state index < -0.39 is 9.84 Å². The second-order valence-corrected chi connectivity index (χ2v) is 9.39. The number of rotatable bonds is 6. The van der Waals surface area contributed by atoms with E-state index in [1.165, 1.54) is 6.26 Å². The fraction of sp³-hybridized carbons (Fsp3) is 0.227. The van der Waals surface area contributed by atoms with Gasteiger partial charge in [0.2, 0.25) is 5.95 Å². The molecule has 3 aromatic rings. The molecule has 7 nitrogen and oxygen atoms in total.